The van der Waals surface area contributed by atoms with Crippen LogP contribution < -0.4 is 19.0 Å². The second-order valence-corrected chi connectivity index (χ2v) is 9.65. The number of aromatic nitrogens is 1. The van der Waals surface area contributed by atoms with E-state index in [1.807, 2.05) is 0 Å². The number of methoxy groups -OCH3 is 2. The molecule has 0 amide bonds. The van der Waals surface area contributed by atoms with Crippen LogP contribution in [-0.4, -0.2) is 51.3 Å². The molecule has 0 bridgehead atoms. The van der Waals surface area contributed by atoms with Crippen molar-refractivity contribution in [1.29, 1.82) is 0 Å². The normalized spacial score (nSPS) is 14.0. The van der Waals surface area contributed by atoms with Crippen LogP contribution in [0.15, 0.2) is 42.5 Å². The van der Waals surface area contributed by atoms with Crippen LogP contribution in [0.2, 0.25) is 10.0 Å². The number of nitrogens with zero attached hydrogens (tertiary/aromatic N) is 1. The molecule has 3 aromatic carbocycles. The number of carbonyl (C=O) groups is 2. The lowest BCUT2D eigenvalue weighted by Gasteiger charge is -2.37. The quantitative estimate of drug-likeness (QED) is 0.244. The molecule has 4 aromatic rings. The summed E-state index contributed by atoms with van der Waals surface area (Å²) < 4.78 is 23.1. The second kappa shape index (κ2) is 9.04. The number of hydrogen-bond acceptors (Lipinski definition) is 11. The Hall–Kier alpha value is -4.94. The summed E-state index contributed by atoms with van der Waals surface area (Å²) in [5, 5.41) is 40.4. The van der Waals surface area contributed by atoms with E-state index in [0.717, 1.165) is 12.1 Å². The van der Waals surface area contributed by atoms with Gasteiger partial charge in [-0.1, -0.05) is 23.2 Å². The Morgan fingerprint density at radius 2 is 1.37 bits per heavy atom. The predicted octanol–water partition coefficient (Wildman–Crippen LogP) is 4.47. The van der Waals surface area contributed by atoms with E-state index < -0.39 is 40.8 Å². The lowest BCUT2D eigenvalue weighted by molar-refractivity contribution is 0.0222. The number of benzene rings is 3. The van der Waals surface area contributed by atoms with E-state index in [4.69, 9.17) is 47.0 Å². The van der Waals surface area contributed by atoms with Gasteiger partial charge in [-0.25, -0.2) is 9.59 Å². The first-order valence-electron chi connectivity index (χ1n) is 11.6. The van der Waals surface area contributed by atoms with Gasteiger partial charge in [0.2, 0.25) is 11.8 Å². The standard InChI is InChI=1S/C27H17Cl2NO11/c1-37-15-8-13-23(19(28)21(15)33)39-24-14(9-16(38-2)22(34)20(24)29)27(13)12-7-10(3-4-11(12)26(36)40-27)25(35)41-30-17(31)5-6-18(30)32/h3-9,31-34H,1-2H3. The van der Waals surface area contributed by atoms with Crippen LogP contribution in [0.5, 0.6) is 46.3 Å². The van der Waals surface area contributed by atoms with Gasteiger partial charge in [-0.15, -0.1) is 4.73 Å². The van der Waals surface area contributed by atoms with Gasteiger partial charge in [0.1, 0.15) is 10.0 Å². The van der Waals surface area contributed by atoms with Gasteiger partial charge in [0, 0.05) is 17.7 Å². The lowest BCUT2D eigenvalue weighted by Crippen LogP contribution is -2.33. The number of phenols is 2. The summed E-state index contributed by atoms with van der Waals surface area (Å²) in [5.74, 6) is -4.36. The minimum Gasteiger partial charge on any atom is -0.503 e. The summed E-state index contributed by atoms with van der Waals surface area (Å²) in [5.41, 5.74) is -1.70. The molecule has 1 spiro atoms. The maximum Gasteiger partial charge on any atom is 0.363 e. The third-order valence-corrected chi connectivity index (χ3v) is 7.50. The zero-order valence-electron chi connectivity index (χ0n) is 20.9. The fraction of sp³-hybridized carbons (Fsp3) is 0.111. The lowest BCUT2D eigenvalue weighted by atomic mass is 9.77. The highest BCUT2D eigenvalue weighted by molar-refractivity contribution is 6.35. The van der Waals surface area contributed by atoms with Crippen molar-refractivity contribution in [3.05, 3.63) is 80.3 Å². The molecule has 210 valence electrons. The third kappa shape index (κ3) is 3.54. The van der Waals surface area contributed by atoms with Crippen LogP contribution in [-0.2, 0) is 10.3 Å². The molecule has 0 atom stereocenters. The summed E-state index contributed by atoms with van der Waals surface area (Å²) >= 11 is 13.0. The zero-order valence-corrected chi connectivity index (χ0v) is 22.4. The van der Waals surface area contributed by atoms with E-state index in [1.54, 1.807) is 0 Å². The van der Waals surface area contributed by atoms with Crippen LogP contribution in [0.1, 0.15) is 37.4 Å². The molecule has 2 aliphatic rings. The van der Waals surface area contributed by atoms with Gasteiger partial charge in [0.05, 0.1) is 36.5 Å². The van der Waals surface area contributed by atoms with E-state index in [2.05, 4.69) is 0 Å². The summed E-state index contributed by atoms with van der Waals surface area (Å²) in [7, 11) is 2.57. The number of phenolic OH excluding ortho intramolecular Hbond substituents is 2. The molecule has 14 heteroatoms. The molecule has 12 nitrogen and oxygen atoms in total. The number of hydrogen-bond donors (Lipinski definition) is 4. The van der Waals surface area contributed by atoms with Gasteiger partial charge >= 0.3 is 11.9 Å². The topological polar surface area (TPSA) is 166 Å². The highest BCUT2D eigenvalue weighted by Crippen LogP contribution is 2.63. The van der Waals surface area contributed by atoms with Crippen LogP contribution in [0.25, 0.3) is 0 Å². The Labute approximate surface area is 239 Å². The monoisotopic (exact) mass is 601 g/mol. The maximum absolute atomic E-state index is 13.3. The molecule has 41 heavy (non-hydrogen) atoms. The summed E-state index contributed by atoms with van der Waals surface area (Å²) in [6.45, 7) is 0. The van der Waals surface area contributed by atoms with E-state index in [9.17, 15) is 30.0 Å². The van der Waals surface area contributed by atoms with E-state index in [1.165, 1.54) is 44.6 Å². The van der Waals surface area contributed by atoms with E-state index in [-0.39, 0.29) is 60.9 Å². The number of esters is 1. The molecule has 0 unspecified atom stereocenters. The minimum atomic E-state index is -1.92. The van der Waals surface area contributed by atoms with E-state index >= 15 is 0 Å². The van der Waals surface area contributed by atoms with Gasteiger partial charge in [0.25, 0.3) is 0 Å². The SMILES string of the molecule is COc1cc2c(c(Cl)c1O)Oc1c(cc(OC)c(O)c1Cl)C21OC(=O)c2ccc(C(=O)On3c(O)ccc3O)cc21. The number of fused-ring (bicyclic) bond motifs is 6. The van der Waals surface area contributed by atoms with Crippen molar-refractivity contribution in [3.8, 4) is 46.3 Å². The highest BCUT2D eigenvalue weighted by Gasteiger charge is 2.56. The van der Waals surface area contributed by atoms with Gasteiger partial charge in [0.15, 0.2) is 40.1 Å². The summed E-state index contributed by atoms with van der Waals surface area (Å²) in [4.78, 5) is 31.5. The Balaban J connectivity index is 1.65. The molecule has 2 aliphatic heterocycles. The van der Waals surface area contributed by atoms with Crippen LogP contribution in [0.3, 0.4) is 0 Å². The largest absolute Gasteiger partial charge is 0.503 e. The highest BCUT2D eigenvalue weighted by atomic mass is 35.5. The van der Waals surface area contributed by atoms with Crippen LogP contribution in [0.4, 0.5) is 0 Å². The van der Waals surface area contributed by atoms with Crippen molar-refractivity contribution in [2.45, 2.75) is 5.60 Å². The van der Waals surface area contributed by atoms with Crippen LogP contribution >= 0.6 is 23.2 Å². The fourth-order valence-corrected chi connectivity index (χ4v) is 5.37. The first-order chi connectivity index (χ1) is 19.5. The molecule has 0 fully saturated rings. The van der Waals surface area contributed by atoms with Gasteiger partial charge in [-0.3, -0.25) is 0 Å². The number of ether oxygens (including phenoxy) is 4. The molecule has 0 saturated heterocycles. The molecule has 1 aromatic heterocycles. The molecule has 0 saturated carbocycles. The molecular formula is C27H17Cl2NO11. The van der Waals surface area contributed by atoms with E-state index in [0.29, 0.717) is 4.73 Å². The van der Waals surface area contributed by atoms with Gasteiger partial charge in [-0.05, 0) is 30.3 Å². The van der Waals surface area contributed by atoms with Crippen molar-refractivity contribution in [3.63, 3.8) is 0 Å². The molecule has 0 aliphatic carbocycles. The molecule has 0 radical (unpaired) electrons. The number of halogens is 2. The average molecular weight is 602 g/mol. The van der Waals surface area contributed by atoms with Crippen molar-refractivity contribution in [1.82, 2.24) is 4.73 Å². The number of rotatable bonds is 4. The van der Waals surface area contributed by atoms with Crippen molar-refractivity contribution in [2.24, 2.45) is 0 Å². The van der Waals surface area contributed by atoms with Crippen molar-refractivity contribution in [2.75, 3.05) is 14.2 Å². The minimum absolute atomic E-state index is 0.0401. The van der Waals surface area contributed by atoms with Crippen molar-refractivity contribution >= 4 is 35.1 Å². The molecular weight excluding hydrogens is 585 g/mol. The average Bonchev–Trinajstić information content (AvgIpc) is 3.44. The fourth-order valence-electron chi connectivity index (χ4n) is 4.90. The molecule has 3 heterocycles. The van der Waals surface area contributed by atoms with Crippen LogP contribution in [0, 0.1) is 0 Å². The number of carbonyl (C=O) groups excluding carboxylic acids is 2. The molecule has 4 N–H and O–H groups in total. The first-order valence-corrected chi connectivity index (χ1v) is 12.4. The molecule has 6 rings (SSSR count). The Kier molecular flexibility index (Phi) is 5.80. The predicted molar refractivity (Wildman–Crippen MR) is 140 cm³/mol. The zero-order chi connectivity index (χ0) is 29.4. The van der Waals surface area contributed by atoms with Gasteiger partial charge in [-0.2, -0.15) is 0 Å². The smallest absolute Gasteiger partial charge is 0.363 e. The number of aromatic hydroxyl groups is 4. The third-order valence-electron chi connectivity index (χ3n) is 6.80. The summed E-state index contributed by atoms with van der Waals surface area (Å²) in [6, 6.07) is 8.83. The Morgan fingerprint density at radius 1 is 0.829 bits per heavy atom. The Morgan fingerprint density at radius 3 is 1.88 bits per heavy atom. The first kappa shape index (κ1) is 26.3. The van der Waals surface area contributed by atoms with Gasteiger partial charge < -0.3 is 44.2 Å². The second-order valence-electron chi connectivity index (χ2n) is 8.89. The van der Waals surface area contributed by atoms with Crippen molar-refractivity contribution < 1.29 is 53.8 Å². The summed E-state index contributed by atoms with van der Waals surface area (Å²) in [6.07, 6.45) is 0. The Bertz CT molecular complexity index is 1730. The maximum atomic E-state index is 13.3.